The van der Waals surface area contributed by atoms with Gasteiger partial charge in [-0.15, -0.1) is 0 Å². The van der Waals surface area contributed by atoms with Crippen LogP contribution in [-0.2, 0) is 13.8 Å². The van der Waals surface area contributed by atoms with Gasteiger partial charge >= 0.3 is 6.03 Å². The Morgan fingerprint density at radius 3 is 2.87 bits per heavy atom. The molecule has 0 aromatic carbocycles. The number of nitrogens with one attached hydrogen (secondary N) is 2. The van der Waals surface area contributed by atoms with E-state index in [9.17, 15) is 24.5 Å². The van der Waals surface area contributed by atoms with Crippen LogP contribution in [0.25, 0.3) is 11.2 Å². The van der Waals surface area contributed by atoms with Gasteiger partial charge in [0.25, 0.3) is 0 Å². The lowest BCUT2D eigenvalue weighted by atomic mass is 10.1. The molecule has 0 bridgehead atoms. The number of hydrogen-bond acceptors (Lipinski definition) is 11. The van der Waals surface area contributed by atoms with Crippen LogP contribution in [0.4, 0.5) is 10.6 Å². The van der Waals surface area contributed by atoms with Crippen molar-refractivity contribution in [1.82, 2.24) is 24.8 Å². The quantitative estimate of drug-likeness (QED) is 0.284. The normalized spacial score (nSPS) is 25.9. The average molecular weight is 444 g/mol. The van der Waals surface area contributed by atoms with Crippen molar-refractivity contribution in [2.75, 3.05) is 31.2 Å². The Morgan fingerprint density at radius 2 is 2.17 bits per heavy atom. The molecule has 166 valence electrons. The number of carbonyl (C=O) groups is 1. The van der Waals surface area contributed by atoms with Gasteiger partial charge in [0.2, 0.25) is 0 Å². The number of rotatable bonds is 8. The van der Waals surface area contributed by atoms with Gasteiger partial charge in [0, 0.05) is 19.3 Å². The van der Waals surface area contributed by atoms with E-state index in [0.29, 0.717) is 6.54 Å². The number of carbonyl (C=O) groups excluding carboxylic acids is 1. The van der Waals surface area contributed by atoms with Crippen LogP contribution < -0.4 is 21.3 Å². The van der Waals surface area contributed by atoms with Gasteiger partial charge in [0.15, 0.2) is 23.2 Å². The summed E-state index contributed by atoms with van der Waals surface area (Å²) in [6.07, 6.45) is -2.92. The van der Waals surface area contributed by atoms with E-state index < -0.39 is 44.8 Å². The number of aliphatic hydroxyl groups excluding tert-OH is 2. The molecule has 6 N–H and O–H groups in total. The van der Waals surface area contributed by atoms with Crippen LogP contribution in [0.5, 0.6) is 0 Å². The van der Waals surface area contributed by atoms with E-state index in [4.69, 9.17) is 15.0 Å². The molecular weight excluding hydrogens is 421 g/mol. The number of aliphatic hydroxyl groups is 2. The molecule has 30 heavy (non-hydrogen) atoms. The predicted octanol–water partition coefficient (Wildman–Crippen LogP) is -1.88. The molecule has 2 amide bonds. The highest BCUT2D eigenvalue weighted by Gasteiger charge is 2.44. The molecule has 0 aliphatic carbocycles. The molecule has 15 heteroatoms. The molecule has 1 aliphatic rings. The average Bonchev–Trinajstić information content (AvgIpc) is 3.23. The molecule has 14 nitrogen and oxygen atoms in total. The van der Waals surface area contributed by atoms with Gasteiger partial charge < -0.3 is 40.0 Å². The highest BCUT2D eigenvalue weighted by atomic mass is 31.2. The number of anilines is 1. The van der Waals surface area contributed by atoms with E-state index in [2.05, 4.69) is 25.6 Å². The molecule has 0 spiro atoms. The third kappa shape index (κ3) is 4.75. The minimum absolute atomic E-state index is 0.104. The lowest BCUT2D eigenvalue weighted by Crippen LogP contribution is -2.34. The van der Waals surface area contributed by atoms with Gasteiger partial charge in [0.05, 0.1) is 12.9 Å². The minimum atomic E-state index is -4.17. The lowest BCUT2D eigenvalue weighted by molar-refractivity contribution is -0.201. The second-order valence-electron chi connectivity index (χ2n) is 6.50. The summed E-state index contributed by atoms with van der Waals surface area (Å²) in [5.41, 5.74) is 5.69. The van der Waals surface area contributed by atoms with Crippen LogP contribution in [0.3, 0.4) is 0 Å². The maximum Gasteiger partial charge on any atom is 0.320 e. The zero-order chi connectivity index (χ0) is 21.9. The van der Waals surface area contributed by atoms with Crippen LogP contribution in [0.2, 0.25) is 0 Å². The first kappa shape index (κ1) is 22.5. The van der Waals surface area contributed by atoms with Gasteiger partial charge in [-0.3, -0.25) is 9.88 Å². The van der Waals surface area contributed by atoms with E-state index >= 15 is 0 Å². The number of urea groups is 1. The Labute approximate surface area is 171 Å². The smallest absolute Gasteiger partial charge is 0.320 e. The predicted molar refractivity (Wildman–Crippen MR) is 101 cm³/mol. The number of nitrogens with zero attached hydrogens (tertiary/aromatic N) is 4. The van der Waals surface area contributed by atoms with Crippen LogP contribution >= 0.6 is 7.60 Å². The number of aromatic nitrogens is 4. The zero-order valence-corrected chi connectivity index (χ0v) is 16.9. The Morgan fingerprint density at radius 1 is 1.40 bits per heavy atom. The summed E-state index contributed by atoms with van der Waals surface area (Å²) in [5.74, 6) is 0.145. The summed E-state index contributed by atoms with van der Waals surface area (Å²) in [4.78, 5) is 35.7. The SMILES string of the molecule is CCNC(=O)Nc1ncnc2c1ncn2[C@@H]1O[C@H](COP(=O)([O-])CCN)C(O)[C@@H]1O. The summed E-state index contributed by atoms with van der Waals surface area (Å²) in [7, 11) is -4.17. The van der Waals surface area contributed by atoms with E-state index in [-0.39, 0.29) is 29.7 Å². The van der Waals surface area contributed by atoms with Crippen molar-refractivity contribution in [2.24, 2.45) is 5.73 Å². The number of amides is 2. The maximum atomic E-state index is 11.8. The largest absolute Gasteiger partial charge is 0.778 e. The highest BCUT2D eigenvalue weighted by molar-refractivity contribution is 7.51. The first-order valence-electron chi connectivity index (χ1n) is 9.16. The van der Waals surface area contributed by atoms with Gasteiger partial charge in [-0.2, -0.15) is 0 Å². The topological polar surface area (TPSA) is 210 Å². The van der Waals surface area contributed by atoms with Gasteiger partial charge in [-0.1, -0.05) is 0 Å². The zero-order valence-electron chi connectivity index (χ0n) is 16.0. The van der Waals surface area contributed by atoms with Crippen molar-refractivity contribution in [2.45, 2.75) is 31.5 Å². The molecule has 3 rings (SSSR count). The van der Waals surface area contributed by atoms with Crippen LogP contribution in [-0.4, -0.2) is 79.9 Å². The van der Waals surface area contributed by atoms with Gasteiger partial charge in [-0.05, 0) is 6.92 Å². The number of fused-ring (bicyclic) bond motifs is 1. The highest BCUT2D eigenvalue weighted by Crippen LogP contribution is 2.38. The molecule has 2 aromatic rings. The second kappa shape index (κ2) is 9.31. The minimum Gasteiger partial charge on any atom is -0.778 e. The molecule has 3 heterocycles. The summed E-state index contributed by atoms with van der Waals surface area (Å²) in [5, 5.41) is 25.8. The second-order valence-corrected chi connectivity index (χ2v) is 8.42. The Hall–Kier alpha value is -2.19. The first-order chi connectivity index (χ1) is 14.3. The summed E-state index contributed by atoms with van der Waals surface area (Å²) < 4.78 is 23.5. The molecule has 1 aliphatic heterocycles. The standard InChI is InChI=1S/C15H24N7O7P/c1-2-17-15(25)21-12-9-13(19-6-18-12)22(7-20-9)14-11(24)10(23)8(29-14)5-28-30(26,27)4-3-16/h6-8,10-11,14,23-24H,2-5,16H2,1H3,(H,26,27)(H2,17,18,19,21,25)/p-1/t8-,10?,11+,14-/m1/s1. The van der Waals surface area contributed by atoms with Crippen molar-refractivity contribution in [3.8, 4) is 0 Å². The van der Waals surface area contributed by atoms with Gasteiger partial charge in [0.1, 0.15) is 32.2 Å². The lowest BCUT2D eigenvalue weighted by Gasteiger charge is -2.25. The third-order valence-corrected chi connectivity index (χ3v) is 5.73. The fourth-order valence-corrected chi connectivity index (χ4v) is 3.77. The Balaban J connectivity index is 1.78. The van der Waals surface area contributed by atoms with E-state index in [1.165, 1.54) is 17.2 Å². The van der Waals surface area contributed by atoms with Crippen molar-refractivity contribution in [3.63, 3.8) is 0 Å². The van der Waals surface area contributed by atoms with Gasteiger partial charge in [-0.25, -0.2) is 19.7 Å². The summed E-state index contributed by atoms with van der Waals surface area (Å²) in [6, 6.07) is -0.476. The summed E-state index contributed by atoms with van der Waals surface area (Å²) in [6.45, 7) is 1.59. The number of imidazole rings is 1. The fraction of sp³-hybridized carbons (Fsp3) is 0.600. The fourth-order valence-electron chi connectivity index (χ4n) is 2.95. The number of ether oxygens (including phenoxy) is 1. The van der Waals surface area contributed by atoms with Crippen LogP contribution in [0.1, 0.15) is 13.2 Å². The molecule has 0 saturated carbocycles. The molecule has 1 fully saturated rings. The van der Waals surface area contributed by atoms with Crippen LogP contribution in [0.15, 0.2) is 12.7 Å². The van der Waals surface area contributed by atoms with Crippen molar-refractivity contribution in [1.29, 1.82) is 0 Å². The number of nitrogens with two attached hydrogens (primary N) is 1. The molecule has 1 saturated heterocycles. The van der Waals surface area contributed by atoms with E-state index in [1.54, 1.807) is 6.92 Å². The van der Waals surface area contributed by atoms with Crippen molar-refractivity contribution < 1.29 is 33.7 Å². The molecule has 2 unspecified atom stereocenters. The number of hydrogen-bond donors (Lipinski definition) is 5. The van der Waals surface area contributed by atoms with Crippen molar-refractivity contribution in [3.05, 3.63) is 12.7 Å². The van der Waals surface area contributed by atoms with Crippen LogP contribution in [0, 0.1) is 0 Å². The Kier molecular flexibility index (Phi) is 6.98. The maximum absolute atomic E-state index is 11.8. The van der Waals surface area contributed by atoms with E-state index in [0.717, 1.165) is 0 Å². The first-order valence-corrected chi connectivity index (χ1v) is 10.9. The molecule has 0 radical (unpaired) electrons. The molecule has 2 aromatic heterocycles. The third-order valence-electron chi connectivity index (χ3n) is 4.38. The van der Waals surface area contributed by atoms with Crippen molar-refractivity contribution >= 4 is 30.6 Å². The molecule has 5 atom stereocenters. The monoisotopic (exact) mass is 444 g/mol. The summed E-state index contributed by atoms with van der Waals surface area (Å²) >= 11 is 0. The molecular formula is C15H23N7O7P-. The van der Waals surface area contributed by atoms with E-state index in [1.807, 2.05) is 0 Å². The Bertz CT molecular complexity index is 941.